The van der Waals surface area contributed by atoms with E-state index in [-0.39, 0.29) is 6.04 Å². The molecule has 0 amide bonds. The summed E-state index contributed by atoms with van der Waals surface area (Å²) in [6.45, 7) is 7.56. The van der Waals surface area contributed by atoms with Gasteiger partial charge in [-0.2, -0.15) is 0 Å². The Kier molecular flexibility index (Phi) is 3.65. The molecule has 0 bridgehead atoms. The minimum absolute atomic E-state index is 0.182. The SMILES string of the molecule is CC1CC1c1ccc(C(CN)N2CCOCC2C)o1. The van der Waals surface area contributed by atoms with Gasteiger partial charge < -0.3 is 14.9 Å². The largest absolute Gasteiger partial charge is 0.464 e. The van der Waals surface area contributed by atoms with Gasteiger partial charge >= 0.3 is 0 Å². The zero-order chi connectivity index (χ0) is 13.4. The number of hydrogen-bond acceptors (Lipinski definition) is 4. The van der Waals surface area contributed by atoms with E-state index >= 15 is 0 Å². The summed E-state index contributed by atoms with van der Waals surface area (Å²) in [6.07, 6.45) is 1.26. The van der Waals surface area contributed by atoms with Crippen LogP contribution >= 0.6 is 0 Å². The lowest BCUT2D eigenvalue weighted by Gasteiger charge is -2.38. The lowest BCUT2D eigenvalue weighted by atomic mass is 10.1. The zero-order valence-electron chi connectivity index (χ0n) is 11.8. The lowest BCUT2D eigenvalue weighted by Crippen LogP contribution is -2.47. The summed E-state index contributed by atoms with van der Waals surface area (Å²) in [6, 6.07) is 4.83. The van der Waals surface area contributed by atoms with Crippen molar-refractivity contribution in [3.8, 4) is 0 Å². The maximum Gasteiger partial charge on any atom is 0.122 e. The summed E-state index contributed by atoms with van der Waals surface area (Å²) in [7, 11) is 0. The van der Waals surface area contributed by atoms with Crippen LogP contribution in [0, 0.1) is 5.92 Å². The molecule has 1 saturated carbocycles. The standard InChI is InChI=1S/C15H24N2O2/c1-10-7-12(10)14-3-4-15(19-14)13(8-16)17-5-6-18-9-11(17)2/h3-4,10-13H,5-9,16H2,1-2H3. The smallest absolute Gasteiger partial charge is 0.122 e. The molecule has 2 aliphatic rings. The van der Waals surface area contributed by atoms with Crippen molar-refractivity contribution in [1.29, 1.82) is 0 Å². The van der Waals surface area contributed by atoms with Crippen LogP contribution in [0.1, 0.15) is 43.7 Å². The van der Waals surface area contributed by atoms with Gasteiger partial charge in [-0.25, -0.2) is 0 Å². The minimum atomic E-state index is 0.182. The molecule has 4 atom stereocenters. The van der Waals surface area contributed by atoms with Crippen molar-refractivity contribution in [3.63, 3.8) is 0 Å². The van der Waals surface area contributed by atoms with Gasteiger partial charge in [0.1, 0.15) is 11.5 Å². The average molecular weight is 264 g/mol. The van der Waals surface area contributed by atoms with Gasteiger partial charge in [0.2, 0.25) is 0 Å². The fourth-order valence-electron chi connectivity index (χ4n) is 3.08. The molecule has 1 aliphatic heterocycles. The highest BCUT2D eigenvalue weighted by Gasteiger charge is 2.37. The van der Waals surface area contributed by atoms with E-state index in [0.29, 0.717) is 18.5 Å². The predicted molar refractivity (Wildman–Crippen MR) is 74.0 cm³/mol. The van der Waals surface area contributed by atoms with E-state index in [1.54, 1.807) is 0 Å². The Labute approximate surface area is 114 Å². The summed E-state index contributed by atoms with van der Waals surface area (Å²) < 4.78 is 11.6. The minimum Gasteiger partial charge on any atom is -0.464 e. The number of morpholine rings is 1. The number of ether oxygens (including phenoxy) is 1. The molecule has 3 rings (SSSR count). The average Bonchev–Trinajstić information content (AvgIpc) is 2.95. The second-order valence-electron chi connectivity index (χ2n) is 5.97. The highest BCUT2D eigenvalue weighted by Crippen LogP contribution is 2.47. The highest BCUT2D eigenvalue weighted by atomic mass is 16.5. The van der Waals surface area contributed by atoms with Crippen LogP contribution in [0.25, 0.3) is 0 Å². The molecule has 1 saturated heterocycles. The molecular weight excluding hydrogens is 240 g/mol. The highest BCUT2D eigenvalue weighted by molar-refractivity contribution is 5.19. The van der Waals surface area contributed by atoms with Crippen LogP contribution in [0.2, 0.25) is 0 Å². The van der Waals surface area contributed by atoms with Gasteiger partial charge in [-0.05, 0) is 31.4 Å². The first kappa shape index (κ1) is 13.2. The van der Waals surface area contributed by atoms with Crippen molar-refractivity contribution >= 4 is 0 Å². The maximum absolute atomic E-state index is 6.07. The van der Waals surface area contributed by atoms with Crippen molar-refractivity contribution in [3.05, 3.63) is 23.7 Å². The van der Waals surface area contributed by atoms with Crippen LogP contribution in [0.3, 0.4) is 0 Å². The zero-order valence-corrected chi connectivity index (χ0v) is 11.8. The van der Waals surface area contributed by atoms with E-state index in [2.05, 4.69) is 30.9 Å². The van der Waals surface area contributed by atoms with Gasteiger partial charge in [-0.3, -0.25) is 4.90 Å². The molecule has 2 N–H and O–H groups in total. The van der Waals surface area contributed by atoms with E-state index < -0.39 is 0 Å². The van der Waals surface area contributed by atoms with E-state index in [9.17, 15) is 0 Å². The Balaban J connectivity index is 1.75. The molecule has 106 valence electrons. The van der Waals surface area contributed by atoms with Crippen LogP contribution in [-0.2, 0) is 4.74 Å². The molecular formula is C15H24N2O2. The van der Waals surface area contributed by atoms with Gasteiger partial charge in [-0.1, -0.05) is 6.92 Å². The fraction of sp³-hybridized carbons (Fsp3) is 0.733. The monoisotopic (exact) mass is 264 g/mol. The molecule has 1 aromatic heterocycles. The van der Waals surface area contributed by atoms with E-state index in [1.165, 1.54) is 6.42 Å². The Morgan fingerprint density at radius 1 is 1.42 bits per heavy atom. The quantitative estimate of drug-likeness (QED) is 0.905. The first-order chi connectivity index (χ1) is 9.20. The number of furan rings is 1. The predicted octanol–water partition coefficient (Wildman–Crippen LogP) is 2.12. The van der Waals surface area contributed by atoms with E-state index in [4.69, 9.17) is 14.9 Å². The third-order valence-electron chi connectivity index (χ3n) is 4.49. The summed E-state index contributed by atoms with van der Waals surface area (Å²) in [5.74, 6) is 3.57. The molecule has 1 aromatic rings. The molecule has 0 aromatic carbocycles. The third-order valence-corrected chi connectivity index (χ3v) is 4.49. The van der Waals surface area contributed by atoms with Crippen molar-refractivity contribution in [2.24, 2.45) is 11.7 Å². The van der Waals surface area contributed by atoms with Gasteiger partial charge in [-0.15, -0.1) is 0 Å². The van der Waals surface area contributed by atoms with Gasteiger partial charge in [0.25, 0.3) is 0 Å². The summed E-state index contributed by atoms with van der Waals surface area (Å²) in [5.41, 5.74) is 5.98. The Hall–Kier alpha value is -0.840. The van der Waals surface area contributed by atoms with E-state index in [0.717, 1.165) is 37.2 Å². The fourth-order valence-corrected chi connectivity index (χ4v) is 3.08. The molecule has 1 aliphatic carbocycles. The van der Waals surface area contributed by atoms with Crippen LogP contribution in [0.5, 0.6) is 0 Å². The second kappa shape index (κ2) is 5.27. The summed E-state index contributed by atoms with van der Waals surface area (Å²) >= 11 is 0. The van der Waals surface area contributed by atoms with Crippen LogP contribution in [0.4, 0.5) is 0 Å². The molecule has 4 unspecified atom stereocenters. The Bertz CT molecular complexity index is 432. The second-order valence-corrected chi connectivity index (χ2v) is 5.97. The lowest BCUT2D eigenvalue weighted by molar-refractivity contribution is -0.0250. The first-order valence-corrected chi connectivity index (χ1v) is 7.34. The molecule has 4 nitrogen and oxygen atoms in total. The summed E-state index contributed by atoms with van der Waals surface area (Å²) in [4.78, 5) is 2.41. The number of rotatable bonds is 4. The Morgan fingerprint density at radius 3 is 2.84 bits per heavy atom. The first-order valence-electron chi connectivity index (χ1n) is 7.34. The molecule has 0 radical (unpaired) electrons. The normalized spacial score (nSPS) is 33.3. The molecule has 2 fully saturated rings. The molecule has 4 heteroatoms. The Morgan fingerprint density at radius 2 is 2.21 bits per heavy atom. The number of nitrogens with zero attached hydrogens (tertiary/aromatic N) is 1. The van der Waals surface area contributed by atoms with Gasteiger partial charge in [0, 0.05) is 25.0 Å². The topological polar surface area (TPSA) is 51.6 Å². The van der Waals surface area contributed by atoms with Gasteiger partial charge in [0.15, 0.2) is 0 Å². The van der Waals surface area contributed by atoms with Crippen molar-refractivity contribution in [1.82, 2.24) is 4.90 Å². The third kappa shape index (κ3) is 2.57. The van der Waals surface area contributed by atoms with Crippen LogP contribution in [-0.4, -0.2) is 37.2 Å². The van der Waals surface area contributed by atoms with Crippen molar-refractivity contribution in [2.45, 2.75) is 38.3 Å². The van der Waals surface area contributed by atoms with Crippen molar-refractivity contribution in [2.75, 3.05) is 26.3 Å². The van der Waals surface area contributed by atoms with Crippen molar-refractivity contribution < 1.29 is 9.15 Å². The number of hydrogen-bond donors (Lipinski definition) is 1. The maximum atomic E-state index is 6.07. The molecule has 19 heavy (non-hydrogen) atoms. The molecule has 2 heterocycles. The van der Waals surface area contributed by atoms with Crippen LogP contribution in [0.15, 0.2) is 16.5 Å². The van der Waals surface area contributed by atoms with E-state index in [1.807, 2.05) is 0 Å². The van der Waals surface area contributed by atoms with Gasteiger partial charge in [0.05, 0.1) is 19.3 Å². The summed E-state index contributed by atoms with van der Waals surface area (Å²) in [5, 5.41) is 0. The molecule has 0 spiro atoms. The van der Waals surface area contributed by atoms with Crippen LogP contribution < -0.4 is 5.73 Å². The number of nitrogens with two attached hydrogens (primary N) is 1.